The number of aromatic nitrogens is 1. The van der Waals surface area contributed by atoms with E-state index in [4.69, 9.17) is 10.8 Å². The average Bonchev–Trinajstić information content (AvgIpc) is 2.05. The Labute approximate surface area is 72.2 Å². The molecule has 0 fully saturated rings. The molecule has 0 aliphatic carbocycles. The van der Waals surface area contributed by atoms with Crippen LogP contribution in [0.4, 0.5) is 0 Å². The van der Waals surface area contributed by atoms with Crippen molar-refractivity contribution in [1.82, 2.24) is 4.98 Å². The van der Waals surface area contributed by atoms with E-state index in [0.29, 0.717) is 6.42 Å². The summed E-state index contributed by atoms with van der Waals surface area (Å²) in [5.41, 5.74) is 7.75. The maximum atomic E-state index is 8.68. The molecule has 1 rings (SSSR count). The van der Waals surface area contributed by atoms with Gasteiger partial charge in [-0.1, -0.05) is 6.07 Å². The van der Waals surface area contributed by atoms with Crippen LogP contribution in [-0.2, 0) is 0 Å². The lowest BCUT2D eigenvalue weighted by Crippen LogP contribution is -2.14. The van der Waals surface area contributed by atoms with Crippen LogP contribution in [0.25, 0.3) is 0 Å². The second-order valence-electron chi connectivity index (χ2n) is 2.82. The SMILES string of the molecule is Cc1cccnc1C(N)CCO. The molecular weight excluding hydrogens is 152 g/mol. The molecule has 1 atom stereocenters. The Morgan fingerprint density at radius 1 is 1.67 bits per heavy atom. The van der Waals surface area contributed by atoms with Crippen LogP contribution in [0.5, 0.6) is 0 Å². The predicted octanol–water partition coefficient (Wildman–Crippen LogP) is 0.772. The summed E-state index contributed by atoms with van der Waals surface area (Å²) in [6, 6.07) is 3.71. The van der Waals surface area contributed by atoms with Gasteiger partial charge in [-0.25, -0.2) is 0 Å². The van der Waals surface area contributed by atoms with Crippen LogP contribution >= 0.6 is 0 Å². The van der Waals surface area contributed by atoms with Gasteiger partial charge in [-0.15, -0.1) is 0 Å². The van der Waals surface area contributed by atoms with Crippen molar-refractivity contribution in [2.75, 3.05) is 6.61 Å². The van der Waals surface area contributed by atoms with Gasteiger partial charge in [-0.3, -0.25) is 4.98 Å². The minimum atomic E-state index is -0.142. The number of aryl methyl sites for hydroxylation is 1. The van der Waals surface area contributed by atoms with Crippen LogP contribution in [0, 0.1) is 6.92 Å². The molecule has 1 aromatic rings. The number of pyridine rings is 1. The molecule has 0 aliphatic rings. The zero-order valence-corrected chi connectivity index (χ0v) is 7.20. The minimum absolute atomic E-state index is 0.108. The molecule has 66 valence electrons. The second kappa shape index (κ2) is 4.18. The van der Waals surface area contributed by atoms with Crippen LogP contribution in [0.15, 0.2) is 18.3 Å². The number of aliphatic hydroxyl groups is 1. The van der Waals surface area contributed by atoms with Crippen LogP contribution < -0.4 is 5.73 Å². The van der Waals surface area contributed by atoms with Crippen molar-refractivity contribution in [3.8, 4) is 0 Å². The molecule has 1 heterocycles. The van der Waals surface area contributed by atoms with Crippen LogP contribution in [-0.4, -0.2) is 16.7 Å². The van der Waals surface area contributed by atoms with Crippen LogP contribution in [0.2, 0.25) is 0 Å². The Morgan fingerprint density at radius 3 is 3.00 bits per heavy atom. The third kappa shape index (κ3) is 2.03. The largest absolute Gasteiger partial charge is 0.396 e. The Morgan fingerprint density at radius 2 is 2.42 bits per heavy atom. The fourth-order valence-corrected chi connectivity index (χ4v) is 1.16. The summed E-state index contributed by atoms with van der Waals surface area (Å²) in [5, 5.41) is 8.68. The van der Waals surface area contributed by atoms with E-state index >= 15 is 0 Å². The van der Waals surface area contributed by atoms with Crippen molar-refractivity contribution < 1.29 is 5.11 Å². The molecule has 12 heavy (non-hydrogen) atoms. The molecule has 0 aromatic carbocycles. The molecule has 0 radical (unpaired) electrons. The van der Waals surface area contributed by atoms with Crippen molar-refractivity contribution >= 4 is 0 Å². The number of hydrogen-bond acceptors (Lipinski definition) is 3. The van der Waals surface area contributed by atoms with Gasteiger partial charge in [-0.05, 0) is 25.0 Å². The van der Waals surface area contributed by atoms with Gasteiger partial charge in [0.15, 0.2) is 0 Å². The van der Waals surface area contributed by atoms with E-state index in [0.717, 1.165) is 11.3 Å². The predicted molar refractivity (Wildman–Crippen MR) is 47.6 cm³/mol. The zero-order valence-electron chi connectivity index (χ0n) is 7.20. The zero-order chi connectivity index (χ0) is 8.97. The summed E-state index contributed by atoms with van der Waals surface area (Å²) >= 11 is 0. The Hall–Kier alpha value is -0.930. The normalized spacial score (nSPS) is 12.9. The monoisotopic (exact) mass is 166 g/mol. The number of nitrogens with zero attached hydrogens (tertiary/aromatic N) is 1. The third-order valence-corrected chi connectivity index (χ3v) is 1.84. The second-order valence-corrected chi connectivity index (χ2v) is 2.82. The average molecular weight is 166 g/mol. The highest BCUT2D eigenvalue weighted by Crippen LogP contribution is 2.14. The molecule has 0 saturated carbocycles. The Balaban J connectivity index is 2.79. The van der Waals surface area contributed by atoms with Crippen molar-refractivity contribution in [2.45, 2.75) is 19.4 Å². The van der Waals surface area contributed by atoms with E-state index in [1.54, 1.807) is 6.20 Å². The highest BCUT2D eigenvalue weighted by atomic mass is 16.3. The van der Waals surface area contributed by atoms with Gasteiger partial charge in [0.25, 0.3) is 0 Å². The van der Waals surface area contributed by atoms with E-state index in [9.17, 15) is 0 Å². The van der Waals surface area contributed by atoms with Crippen LogP contribution in [0.3, 0.4) is 0 Å². The summed E-state index contributed by atoms with van der Waals surface area (Å²) in [7, 11) is 0. The van der Waals surface area contributed by atoms with Crippen LogP contribution in [0.1, 0.15) is 23.7 Å². The van der Waals surface area contributed by atoms with E-state index in [1.165, 1.54) is 0 Å². The van der Waals surface area contributed by atoms with E-state index in [-0.39, 0.29) is 12.6 Å². The molecule has 0 aliphatic heterocycles. The Bertz CT molecular complexity index is 250. The van der Waals surface area contributed by atoms with Crippen molar-refractivity contribution in [1.29, 1.82) is 0 Å². The van der Waals surface area contributed by atoms with Gasteiger partial charge in [0.05, 0.1) is 5.69 Å². The fourth-order valence-electron chi connectivity index (χ4n) is 1.16. The van der Waals surface area contributed by atoms with E-state index in [1.807, 2.05) is 19.1 Å². The van der Waals surface area contributed by atoms with Gasteiger partial charge >= 0.3 is 0 Å². The quantitative estimate of drug-likeness (QED) is 0.697. The molecule has 0 bridgehead atoms. The van der Waals surface area contributed by atoms with E-state index in [2.05, 4.69) is 4.98 Å². The number of nitrogens with two attached hydrogens (primary N) is 1. The standard InChI is InChI=1S/C9H14N2O/c1-7-3-2-5-11-9(7)8(10)4-6-12/h2-3,5,8,12H,4,6,10H2,1H3. The lowest BCUT2D eigenvalue weighted by molar-refractivity contribution is 0.275. The lowest BCUT2D eigenvalue weighted by Gasteiger charge is -2.11. The highest BCUT2D eigenvalue weighted by Gasteiger charge is 2.08. The third-order valence-electron chi connectivity index (χ3n) is 1.84. The first-order chi connectivity index (χ1) is 5.75. The molecule has 0 saturated heterocycles. The molecule has 1 aromatic heterocycles. The van der Waals surface area contributed by atoms with E-state index < -0.39 is 0 Å². The lowest BCUT2D eigenvalue weighted by atomic mass is 10.1. The molecule has 1 unspecified atom stereocenters. The minimum Gasteiger partial charge on any atom is -0.396 e. The van der Waals surface area contributed by atoms with Crippen molar-refractivity contribution in [3.05, 3.63) is 29.6 Å². The molecule has 0 spiro atoms. The molecule has 0 amide bonds. The smallest absolute Gasteiger partial charge is 0.0600 e. The first kappa shape index (κ1) is 9.16. The number of rotatable bonds is 3. The maximum absolute atomic E-state index is 8.68. The van der Waals surface area contributed by atoms with Gasteiger partial charge in [0.2, 0.25) is 0 Å². The number of aliphatic hydroxyl groups excluding tert-OH is 1. The number of hydrogen-bond donors (Lipinski definition) is 2. The van der Waals surface area contributed by atoms with Gasteiger partial charge < -0.3 is 10.8 Å². The van der Waals surface area contributed by atoms with Gasteiger partial charge in [0, 0.05) is 18.8 Å². The topological polar surface area (TPSA) is 59.1 Å². The fraction of sp³-hybridized carbons (Fsp3) is 0.444. The molecule has 3 heteroatoms. The summed E-state index contributed by atoms with van der Waals surface area (Å²) in [6.45, 7) is 2.08. The maximum Gasteiger partial charge on any atom is 0.0600 e. The summed E-state index contributed by atoms with van der Waals surface area (Å²) in [6.07, 6.45) is 2.29. The highest BCUT2D eigenvalue weighted by molar-refractivity contribution is 5.20. The Kier molecular flexibility index (Phi) is 3.19. The van der Waals surface area contributed by atoms with Gasteiger partial charge in [-0.2, -0.15) is 0 Å². The molecule has 3 nitrogen and oxygen atoms in total. The van der Waals surface area contributed by atoms with Crippen molar-refractivity contribution in [2.24, 2.45) is 5.73 Å². The summed E-state index contributed by atoms with van der Waals surface area (Å²) < 4.78 is 0. The first-order valence-electron chi connectivity index (χ1n) is 4.03. The molecular formula is C9H14N2O. The summed E-state index contributed by atoms with van der Waals surface area (Å²) in [5.74, 6) is 0. The van der Waals surface area contributed by atoms with Crippen molar-refractivity contribution in [3.63, 3.8) is 0 Å². The first-order valence-corrected chi connectivity index (χ1v) is 4.03. The molecule has 3 N–H and O–H groups in total. The van der Waals surface area contributed by atoms with Gasteiger partial charge in [0.1, 0.15) is 0 Å². The summed E-state index contributed by atoms with van der Waals surface area (Å²) in [4.78, 5) is 4.16.